The van der Waals surface area contributed by atoms with Crippen molar-refractivity contribution in [3.63, 3.8) is 0 Å². The maximum absolute atomic E-state index is 11.7. The first kappa shape index (κ1) is 59.5. The minimum absolute atomic E-state index is 0. The molecule has 4 amide bonds. The van der Waals surface area contributed by atoms with Crippen LogP contribution in [0.3, 0.4) is 0 Å². The van der Waals surface area contributed by atoms with Crippen molar-refractivity contribution in [1.29, 1.82) is 0 Å². The maximum Gasteiger partial charge on any atom is 0.228 e. The second-order valence-corrected chi connectivity index (χ2v) is 18.4. The van der Waals surface area contributed by atoms with Gasteiger partial charge in [-0.15, -0.1) is 0 Å². The molecule has 4 rings (SSSR count). The Morgan fingerprint density at radius 3 is 0.885 bits per heavy atom. The molecular formula is C42H90N4O5S. The van der Waals surface area contributed by atoms with Crippen LogP contribution in [0.4, 0.5) is 0 Å². The molecule has 9 nitrogen and oxygen atoms in total. The zero-order valence-corrected chi connectivity index (χ0v) is 33.1. The average Bonchev–Trinajstić information content (AvgIpc) is 3.55. The van der Waals surface area contributed by atoms with E-state index in [2.05, 4.69) is 0 Å². The van der Waals surface area contributed by atoms with Crippen LogP contribution in [0.1, 0.15) is 152 Å². The number of hydrogen-bond donors (Lipinski definition) is 0. The molecule has 0 aliphatic carbocycles. The highest BCUT2D eigenvalue weighted by atomic mass is 32.2. The third-order valence-electron chi connectivity index (χ3n) is 8.20. The van der Waals surface area contributed by atoms with Gasteiger partial charge >= 0.3 is 0 Å². The zero-order valence-electron chi connectivity index (χ0n) is 32.3. The summed E-state index contributed by atoms with van der Waals surface area (Å²) in [7, 11) is 0. The summed E-state index contributed by atoms with van der Waals surface area (Å²) < 4.78 is 5.17. The monoisotopic (exact) mass is 763 g/mol. The highest BCUT2D eigenvalue weighted by Gasteiger charge is 2.30. The van der Waals surface area contributed by atoms with Gasteiger partial charge in [-0.3, -0.25) is 19.2 Å². The Kier molecular flexibility index (Phi) is 30.7. The van der Waals surface area contributed by atoms with Crippen molar-refractivity contribution in [2.24, 2.45) is 21.7 Å². The highest BCUT2D eigenvalue weighted by molar-refractivity contribution is 7.99. The molecule has 0 aromatic rings. The minimum Gasteiger partial charge on any atom is -0.378 e. The molecular weight excluding hydrogens is 673 g/mol. The molecule has 0 saturated carbocycles. The SMILES string of the molecule is C.C.C.C.C.CC(C)(C)C(=O)N1CCCC1.CC(C)(C)C(=O)N1CCCCC1.CC(C)(C)C(=O)N1CCOCC1.CC(C)(C)C(=O)N1CCSCC1. The molecule has 0 unspecified atom stereocenters. The van der Waals surface area contributed by atoms with E-state index in [1.807, 2.05) is 114 Å². The van der Waals surface area contributed by atoms with Crippen molar-refractivity contribution < 1.29 is 23.9 Å². The quantitative estimate of drug-likeness (QED) is 0.244. The van der Waals surface area contributed by atoms with Crippen molar-refractivity contribution in [2.75, 3.05) is 77.1 Å². The summed E-state index contributed by atoms with van der Waals surface area (Å²) in [6, 6.07) is 0. The van der Waals surface area contributed by atoms with Crippen LogP contribution in [-0.4, -0.2) is 120 Å². The summed E-state index contributed by atoms with van der Waals surface area (Å²) in [6.07, 6.45) is 6.02. The van der Waals surface area contributed by atoms with E-state index in [1.54, 1.807) is 0 Å². The van der Waals surface area contributed by atoms with E-state index in [1.165, 1.54) is 32.1 Å². The third-order valence-corrected chi connectivity index (χ3v) is 9.14. The van der Waals surface area contributed by atoms with E-state index >= 15 is 0 Å². The number of likely N-dealkylation sites (tertiary alicyclic amines) is 2. The van der Waals surface area contributed by atoms with Crippen molar-refractivity contribution in [3.8, 4) is 0 Å². The zero-order chi connectivity index (χ0) is 36.1. The summed E-state index contributed by atoms with van der Waals surface area (Å²) in [5.74, 6) is 3.33. The average molecular weight is 763 g/mol. The Balaban J connectivity index is -0.000000183. The number of morpholine rings is 1. The Hall–Kier alpha value is -1.81. The van der Waals surface area contributed by atoms with E-state index in [0.717, 1.165) is 63.9 Å². The Morgan fingerprint density at radius 2 is 0.615 bits per heavy atom. The van der Waals surface area contributed by atoms with Gasteiger partial charge < -0.3 is 24.3 Å². The lowest BCUT2D eigenvalue weighted by Gasteiger charge is -2.32. The molecule has 0 N–H and O–H groups in total. The molecule has 4 saturated heterocycles. The maximum atomic E-state index is 11.7. The molecule has 52 heavy (non-hydrogen) atoms. The minimum atomic E-state index is -0.253. The van der Waals surface area contributed by atoms with Crippen LogP contribution in [0.25, 0.3) is 0 Å². The lowest BCUT2D eigenvalue weighted by atomic mass is 9.93. The van der Waals surface area contributed by atoms with Crippen LogP contribution in [-0.2, 0) is 23.9 Å². The third kappa shape index (κ3) is 22.4. The number of thioether (sulfide) groups is 1. The normalized spacial score (nSPS) is 17.5. The Bertz CT molecular complexity index is 873. The van der Waals surface area contributed by atoms with Gasteiger partial charge in [-0.1, -0.05) is 120 Å². The first-order valence-electron chi connectivity index (χ1n) is 17.9. The summed E-state index contributed by atoms with van der Waals surface area (Å²) in [4.78, 5) is 54.6. The van der Waals surface area contributed by atoms with Gasteiger partial charge in [-0.25, -0.2) is 0 Å². The first-order chi connectivity index (χ1) is 21.6. The molecule has 4 aliphatic rings. The fourth-order valence-electron chi connectivity index (χ4n) is 5.45. The Morgan fingerprint density at radius 1 is 0.385 bits per heavy atom. The van der Waals surface area contributed by atoms with Gasteiger partial charge in [0, 0.05) is 85.5 Å². The van der Waals surface area contributed by atoms with Gasteiger partial charge in [0.2, 0.25) is 23.6 Å². The summed E-state index contributed by atoms with van der Waals surface area (Å²) in [5, 5.41) is 0. The smallest absolute Gasteiger partial charge is 0.228 e. The van der Waals surface area contributed by atoms with Crippen LogP contribution in [0.2, 0.25) is 0 Å². The second-order valence-electron chi connectivity index (χ2n) is 17.2. The predicted octanol–water partition coefficient (Wildman–Crippen LogP) is 9.38. The van der Waals surface area contributed by atoms with E-state index in [-0.39, 0.29) is 64.7 Å². The molecule has 4 aliphatic heterocycles. The number of hydrogen-bond acceptors (Lipinski definition) is 6. The standard InChI is InChI=1S/C10H19NO.C9H17NO2.C9H17NOS.C9H17NO.5CH4/c1-10(2,3)9(12)11-7-5-4-6-8-11;2*1-9(2,3)8(11)10-4-6-12-7-5-10;1-9(2,3)8(11)10-6-4-5-7-10;;;;;/h4-8H2,1-3H3;2*4-7H2,1-3H3;4-7H2,1-3H3;5*1H4. The van der Waals surface area contributed by atoms with E-state index in [9.17, 15) is 19.2 Å². The van der Waals surface area contributed by atoms with Crippen molar-refractivity contribution in [3.05, 3.63) is 0 Å². The second kappa shape index (κ2) is 26.9. The van der Waals surface area contributed by atoms with Gasteiger partial charge in [-0.2, -0.15) is 11.8 Å². The molecule has 0 spiro atoms. The number of nitrogens with zero attached hydrogens (tertiary/aromatic N) is 4. The van der Waals surface area contributed by atoms with Gasteiger partial charge in [0.25, 0.3) is 0 Å². The van der Waals surface area contributed by atoms with Crippen LogP contribution in [0, 0.1) is 21.7 Å². The molecule has 0 radical (unpaired) electrons. The molecule has 4 fully saturated rings. The van der Waals surface area contributed by atoms with Crippen molar-refractivity contribution in [2.45, 2.75) is 152 Å². The molecule has 314 valence electrons. The summed E-state index contributed by atoms with van der Waals surface area (Å²) in [5.41, 5.74) is -0.846. The van der Waals surface area contributed by atoms with Crippen molar-refractivity contribution >= 4 is 35.4 Å². The van der Waals surface area contributed by atoms with Gasteiger partial charge in [0.1, 0.15) is 0 Å². The van der Waals surface area contributed by atoms with E-state index in [4.69, 9.17) is 4.74 Å². The first-order valence-corrected chi connectivity index (χ1v) is 19.1. The van der Waals surface area contributed by atoms with Gasteiger partial charge in [0.05, 0.1) is 13.2 Å². The van der Waals surface area contributed by atoms with Crippen LogP contribution < -0.4 is 0 Å². The topological polar surface area (TPSA) is 90.5 Å². The number of ether oxygens (including phenoxy) is 1. The van der Waals surface area contributed by atoms with E-state index in [0.29, 0.717) is 30.9 Å². The summed E-state index contributed by atoms with van der Waals surface area (Å²) in [6.45, 7) is 32.3. The molecule has 0 aromatic carbocycles. The van der Waals surface area contributed by atoms with Gasteiger partial charge in [0.15, 0.2) is 0 Å². The number of piperidine rings is 1. The predicted molar refractivity (Wildman–Crippen MR) is 229 cm³/mol. The number of carbonyl (C=O) groups excluding carboxylic acids is 4. The number of carbonyl (C=O) groups is 4. The number of rotatable bonds is 0. The lowest BCUT2D eigenvalue weighted by Crippen LogP contribution is -2.45. The van der Waals surface area contributed by atoms with E-state index < -0.39 is 0 Å². The lowest BCUT2D eigenvalue weighted by molar-refractivity contribution is -0.143. The fraction of sp³-hybridized carbons (Fsp3) is 0.905. The molecule has 4 heterocycles. The largest absolute Gasteiger partial charge is 0.378 e. The van der Waals surface area contributed by atoms with Crippen LogP contribution in [0.5, 0.6) is 0 Å². The molecule has 0 atom stereocenters. The van der Waals surface area contributed by atoms with Crippen LogP contribution in [0.15, 0.2) is 0 Å². The molecule has 10 heteroatoms. The highest BCUT2D eigenvalue weighted by Crippen LogP contribution is 2.22. The van der Waals surface area contributed by atoms with Crippen LogP contribution >= 0.6 is 11.8 Å². The number of amides is 4. The fourth-order valence-corrected chi connectivity index (χ4v) is 6.35. The van der Waals surface area contributed by atoms with Gasteiger partial charge in [-0.05, 0) is 32.1 Å². The Labute approximate surface area is 329 Å². The van der Waals surface area contributed by atoms with Crippen molar-refractivity contribution in [1.82, 2.24) is 19.6 Å². The summed E-state index contributed by atoms with van der Waals surface area (Å²) >= 11 is 1.93. The molecule has 0 bridgehead atoms. The molecule has 0 aromatic heterocycles.